The molecule has 0 aliphatic carbocycles. The van der Waals surface area contributed by atoms with Crippen LogP contribution in [0.2, 0.25) is 0 Å². The summed E-state index contributed by atoms with van der Waals surface area (Å²) in [5.74, 6) is 2.27. The Balaban J connectivity index is 1.82. The summed E-state index contributed by atoms with van der Waals surface area (Å²) < 4.78 is 22.1. The number of hydrogen-bond donors (Lipinski definition) is 1. The van der Waals surface area contributed by atoms with Crippen molar-refractivity contribution in [2.24, 2.45) is 0 Å². The van der Waals surface area contributed by atoms with Crippen LogP contribution in [0.15, 0.2) is 47.0 Å². The Morgan fingerprint density at radius 1 is 0.808 bits per heavy atom. The smallest absolute Gasteiger partial charge is 0.252 e. The lowest BCUT2D eigenvalue weighted by Gasteiger charge is -2.13. The first-order valence-electron chi connectivity index (χ1n) is 7.96. The van der Waals surface area contributed by atoms with E-state index in [1.807, 2.05) is 30.5 Å². The second-order valence-corrected chi connectivity index (χ2v) is 5.54. The van der Waals surface area contributed by atoms with Crippen molar-refractivity contribution in [3.05, 3.63) is 42.6 Å². The molecular formula is C19H17N3O4. The summed E-state index contributed by atoms with van der Waals surface area (Å²) >= 11 is 0. The Bertz CT molecular complexity index is 1070. The maximum Gasteiger partial charge on any atom is 0.252 e. The molecule has 26 heavy (non-hydrogen) atoms. The highest BCUT2D eigenvalue weighted by atomic mass is 16.5. The highest BCUT2D eigenvalue weighted by molar-refractivity contribution is 5.93. The predicted molar refractivity (Wildman–Crippen MR) is 96.7 cm³/mol. The zero-order chi connectivity index (χ0) is 18.1. The third-order valence-corrected chi connectivity index (χ3v) is 4.18. The largest absolute Gasteiger partial charge is 0.493 e. The lowest BCUT2D eigenvalue weighted by atomic mass is 10.1. The van der Waals surface area contributed by atoms with Gasteiger partial charge in [-0.2, -0.15) is 0 Å². The molecule has 7 nitrogen and oxygen atoms in total. The number of aromatic nitrogens is 3. The van der Waals surface area contributed by atoms with Crippen molar-refractivity contribution in [2.75, 3.05) is 21.3 Å². The molecule has 7 heteroatoms. The number of fused-ring (bicyclic) bond motifs is 1. The Hall–Kier alpha value is -3.48. The van der Waals surface area contributed by atoms with Crippen molar-refractivity contribution < 1.29 is 18.6 Å². The summed E-state index contributed by atoms with van der Waals surface area (Å²) in [6.45, 7) is 0. The lowest BCUT2D eigenvalue weighted by Crippen LogP contribution is -1.97. The molecule has 1 N–H and O–H groups in total. The van der Waals surface area contributed by atoms with Crippen molar-refractivity contribution in [2.45, 2.75) is 0 Å². The number of ether oxygens (including phenoxy) is 3. The maximum absolute atomic E-state index is 5.92. The number of aromatic amines is 1. The number of hydrogen-bond acceptors (Lipinski definition) is 6. The highest BCUT2D eigenvalue weighted by Gasteiger charge is 2.22. The summed E-state index contributed by atoms with van der Waals surface area (Å²) in [5, 5.41) is 9.39. The topological polar surface area (TPSA) is 82.4 Å². The molecule has 4 rings (SSSR count). The second-order valence-electron chi connectivity index (χ2n) is 5.54. The monoisotopic (exact) mass is 351 g/mol. The van der Waals surface area contributed by atoms with Gasteiger partial charge in [-0.05, 0) is 18.2 Å². The quantitative estimate of drug-likeness (QED) is 0.587. The van der Waals surface area contributed by atoms with Crippen LogP contribution in [0.25, 0.3) is 33.8 Å². The van der Waals surface area contributed by atoms with Gasteiger partial charge < -0.3 is 23.6 Å². The summed E-state index contributed by atoms with van der Waals surface area (Å²) in [5.41, 5.74) is 2.48. The van der Waals surface area contributed by atoms with E-state index < -0.39 is 0 Å². The molecule has 132 valence electrons. The summed E-state index contributed by atoms with van der Waals surface area (Å²) in [4.78, 5) is 3.20. The molecule has 0 spiro atoms. The van der Waals surface area contributed by atoms with E-state index in [4.69, 9.17) is 18.6 Å². The molecule has 2 aromatic carbocycles. The van der Waals surface area contributed by atoms with Gasteiger partial charge in [-0.1, -0.05) is 18.2 Å². The first-order chi connectivity index (χ1) is 12.8. The van der Waals surface area contributed by atoms with Gasteiger partial charge in [0.2, 0.25) is 11.6 Å². The van der Waals surface area contributed by atoms with E-state index in [1.165, 1.54) is 0 Å². The van der Waals surface area contributed by atoms with Gasteiger partial charge in [0, 0.05) is 17.1 Å². The average Bonchev–Trinajstić information content (AvgIpc) is 3.33. The van der Waals surface area contributed by atoms with Gasteiger partial charge in [-0.3, -0.25) is 0 Å². The van der Waals surface area contributed by atoms with Crippen LogP contribution in [-0.2, 0) is 0 Å². The first-order valence-corrected chi connectivity index (χ1v) is 7.96. The second kappa shape index (κ2) is 6.44. The van der Waals surface area contributed by atoms with E-state index in [0.717, 1.165) is 16.5 Å². The van der Waals surface area contributed by atoms with Gasteiger partial charge in [0.15, 0.2) is 11.5 Å². The first kappa shape index (κ1) is 16.0. The molecule has 0 fully saturated rings. The number of nitrogens with zero attached hydrogens (tertiary/aromatic N) is 2. The molecule has 0 atom stereocenters. The van der Waals surface area contributed by atoms with E-state index >= 15 is 0 Å². The van der Waals surface area contributed by atoms with Gasteiger partial charge in [-0.15, -0.1) is 10.2 Å². The molecule has 2 aromatic heterocycles. The van der Waals surface area contributed by atoms with Crippen LogP contribution in [0.5, 0.6) is 17.2 Å². The van der Waals surface area contributed by atoms with E-state index in [9.17, 15) is 0 Å². The van der Waals surface area contributed by atoms with Crippen LogP contribution < -0.4 is 14.2 Å². The molecule has 0 aliphatic rings. The van der Waals surface area contributed by atoms with Crippen molar-refractivity contribution in [3.8, 4) is 40.2 Å². The molecule has 2 heterocycles. The number of methoxy groups -OCH3 is 3. The predicted octanol–water partition coefficient (Wildman–Crippen LogP) is 3.91. The average molecular weight is 351 g/mol. The fourth-order valence-corrected chi connectivity index (χ4v) is 2.96. The number of rotatable bonds is 5. The molecule has 0 unspecified atom stereocenters. The van der Waals surface area contributed by atoms with E-state index in [1.54, 1.807) is 33.5 Å². The van der Waals surface area contributed by atoms with Crippen LogP contribution in [0, 0.1) is 0 Å². The van der Waals surface area contributed by atoms with Crippen molar-refractivity contribution in [1.82, 2.24) is 15.2 Å². The van der Waals surface area contributed by atoms with Gasteiger partial charge >= 0.3 is 0 Å². The minimum absolute atomic E-state index is 0.336. The lowest BCUT2D eigenvalue weighted by molar-refractivity contribution is 0.324. The SMILES string of the molecule is COc1ccc(-c2nnc(-c3c[nH]c4ccccc34)o2)c(OC)c1OC. The van der Waals surface area contributed by atoms with Crippen LogP contribution in [0.3, 0.4) is 0 Å². The minimum Gasteiger partial charge on any atom is -0.493 e. The van der Waals surface area contributed by atoms with Crippen molar-refractivity contribution in [1.29, 1.82) is 0 Å². The number of benzene rings is 2. The van der Waals surface area contributed by atoms with Crippen molar-refractivity contribution >= 4 is 10.9 Å². The summed E-state index contributed by atoms with van der Waals surface area (Å²) in [7, 11) is 4.67. The summed E-state index contributed by atoms with van der Waals surface area (Å²) in [6.07, 6.45) is 1.85. The Kier molecular flexibility index (Phi) is 3.96. The Labute approximate surface area is 149 Å². The summed E-state index contributed by atoms with van der Waals surface area (Å²) in [6, 6.07) is 11.5. The molecule has 0 amide bonds. The third kappa shape index (κ3) is 2.45. The molecular weight excluding hydrogens is 334 g/mol. The van der Waals surface area contributed by atoms with E-state index in [-0.39, 0.29) is 0 Å². The highest BCUT2D eigenvalue weighted by Crippen LogP contribution is 2.44. The molecule has 4 aromatic rings. The Morgan fingerprint density at radius 2 is 1.54 bits per heavy atom. The molecule has 0 aliphatic heterocycles. The van der Waals surface area contributed by atoms with Crippen LogP contribution in [0.1, 0.15) is 0 Å². The number of H-pyrrole nitrogens is 1. The third-order valence-electron chi connectivity index (χ3n) is 4.18. The van der Waals surface area contributed by atoms with Gasteiger partial charge in [0.05, 0.1) is 32.5 Å². The zero-order valence-corrected chi connectivity index (χ0v) is 14.6. The molecule has 0 radical (unpaired) electrons. The normalized spacial score (nSPS) is 10.9. The minimum atomic E-state index is 0.336. The fraction of sp³-hybridized carbons (Fsp3) is 0.158. The van der Waals surface area contributed by atoms with Crippen molar-refractivity contribution in [3.63, 3.8) is 0 Å². The van der Waals surface area contributed by atoms with Gasteiger partial charge in [0.25, 0.3) is 5.89 Å². The Morgan fingerprint density at radius 3 is 2.27 bits per heavy atom. The molecule has 0 bridgehead atoms. The van der Waals surface area contributed by atoms with Gasteiger partial charge in [0.1, 0.15) is 0 Å². The number of nitrogens with one attached hydrogen (secondary N) is 1. The maximum atomic E-state index is 5.92. The zero-order valence-electron chi connectivity index (χ0n) is 14.6. The van der Waals surface area contributed by atoms with Crippen LogP contribution in [0.4, 0.5) is 0 Å². The van der Waals surface area contributed by atoms with Gasteiger partial charge in [-0.25, -0.2) is 0 Å². The number of para-hydroxylation sites is 1. The fourth-order valence-electron chi connectivity index (χ4n) is 2.96. The van der Waals surface area contributed by atoms with Crippen LogP contribution >= 0.6 is 0 Å². The standard InChI is InChI=1S/C19H17N3O4/c1-23-15-9-8-12(16(24-2)17(15)25-3)18-21-22-19(26-18)13-10-20-14-7-5-4-6-11(13)14/h4-10,20H,1-3H3. The molecule has 0 saturated heterocycles. The van der Waals surface area contributed by atoms with E-state index in [2.05, 4.69) is 15.2 Å². The van der Waals surface area contributed by atoms with E-state index in [0.29, 0.717) is 34.6 Å². The van der Waals surface area contributed by atoms with Crippen LogP contribution in [-0.4, -0.2) is 36.5 Å². The molecule has 0 saturated carbocycles.